The lowest BCUT2D eigenvalue weighted by atomic mass is 9.85. The van der Waals surface area contributed by atoms with Gasteiger partial charge in [-0.05, 0) is 59.2 Å². The normalized spacial score (nSPS) is 26.5. The second-order valence-electron chi connectivity index (χ2n) is 11.1. The maximum absolute atomic E-state index is 13.7. The minimum Gasteiger partial charge on any atom is -0.496 e. The highest BCUT2D eigenvalue weighted by Crippen LogP contribution is 2.39. The Hall–Kier alpha value is -3.19. The van der Waals surface area contributed by atoms with Crippen LogP contribution >= 0.6 is 0 Å². The number of methoxy groups -OCH3 is 1. The van der Waals surface area contributed by atoms with E-state index in [0.717, 1.165) is 34.9 Å². The molecule has 2 aromatic carbocycles. The van der Waals surface area contributed by atoms with Crippen LogP contribution in [0, 0.1) is 5.41 Å². The summed E-state index contributed by atoms with van der Waals surface area (Å²) in [4.78, 5) is 39.9. The molecule has 2 N–H and O–H groups in total. The monoisotopic (exact) mass is 492 g/mol. The fourth-order valence-electron chi connectivity index (χ4n) is 5.19. The van der Waals surface area contributed by atoms with Gasteiger partial charge in [-0.15, -0.1) is 0 Å². The van der Waals surface area contributed by atoms with Gasteiger partial charge in [0.05, 0.1) is 19.7 Å². The lowest BCUT2D eigenvalue weighted by Crippen LogP contribution is -2.56. The zero-order valence-corrected chi connectivity index (χ0v) is 21.5. The molecular weight excluding hydrogens is 456 g/mol. The third-order valence-corrected chi connectivity index (χ3v) is 7.29. The molecule has 0 unspecified atom stereocenters. The molecule has 7 nitrogen and oxygen atoms in total. The molecule has 2 aliphatic heterocycles. The van der Waals surface area contributed by atoms with E-state index in [1.54, 1.807) is 7.11 Å². The predicted octanol–water partition coefficient (Wildman–Crippen LogP) is 3.95. The number of fused-ring (bicyclic) bond motifs is 5. The molecule has 1 fully saturated rings. The van der Waals surface area contributed by atoms with E-state index < -0.39 is 23.1 Å². The third-order valence-electron chi connectivity index (χ3n) is 7.29. The van der Waals surface area contributed by atoms with Gasteiger partial charge >= 0.3 is 0 Å². The number of rotatable bonds is 2. The number of aliphatic hydroxyl groups is 1. The Kier molecular flexibility index (Phi) is 7.23. The SMILES string of the molecule is COc1cc2ccc3cc2cc1/C=C\CCCCC(=O)N[C@@H](C(C)(C)C)C(=O)N1C[C@@]3(O)C[C@H]1C=O. The second kappa shape index (κ2) is 10.1. The summed E-state index contributed by atoms with van der Waals surface area (Å²) in [6.07, 6.45) is 7.57. The van der Waals surface area contributed by atoms with E-state index in [0.29, 0.717) is 24.7 Å². The van der Waals surface area contributed by atoms with Gasteiger partial charge in [-0.3, -0.25) is 9.59 Å². The van der Waals surface area contributed by atoms with E-state index in [-0.39, 0.29) is 24.8 Å². The van der Waals surface area contributed by atoms with Crippen LogP contribution in [0.4, 0.5) is 0 Å². The summed E-state index contributed by atoms with van der Waals surface area (Å²) in [5.41, 5.74) is -0.378. The number of hydrogen-bond donors (Lipinski definition) is 2. The van der Waals surface area contributed by atoms with E-state index in [2.05, 4.69) is 11.4 Å². The zero-order chi connectivity index (χ0) is 26.1. The lowest BCUT2D eigenvalue weighted by molar-refractivity contribution is -0.142. The highest BCUT2D eigenvalue weighted by atomic mass is 16.5. The zero-order valence-electron chi connectivity index (χ0n) is 21.5. The lowest BCUT2D eigenvalue weighted by Gasteiger charge is -2.35. The van der Waals surface area contributed by atoms with Crippen molar-refractivity contribution in [1.82, 2.24) is 10.2 Å². The van der Waals surface area contributed by atoms with Crippen molar-refractivity contribution >= 4 is 34.9 Å². The standard InChI is InChI=1S/C29H36N2O5/c1-28(2,3)26-27(34)31-18-29(35,16-23(31)17-32)22-12-11-19-15-24(36-4)20(13-21(19)14-22)9-7-5-6-8-10-25(33)30-26/h7,9,11-15,17,23,26,35H,5-6,8,10,16,18H2,1-4H3,(H,30,33)/b9-7-/t23-,26+,29-/m0/s1. The largest absolute Gasteiger partial charge is 0.496 e. The molecule has 0 aromatic heterocycles. The van der Waals surface area contributed by atoms with Gasteiger partial charge in [0.25, 0.3) is 0 Å². The highest BCUT2D eigenvalue weighted by molar-refractivity contribution is 5.91. The Morgan fingerprint density at radius 2 is 1.92 bits per heavy atom. The number of nitrogens with zero attached hydrogens (tertiary/aromatic N) is 1. The molecule has 0 radical (unpaired) electrons. The first-order valence-electron chi connectivity index (χ1n) is 12.6. The molecule has 1 saturated heterocycles. The Balaban J connectivity index is 1.80. The van der Waals surface area contributed by atoms with Crippen LogP contribution in [0.15, 0.2) is 36.4 Å². The van der Waals surface area contributed by atoms with Gasteiger partial charge in [-0.2, -0.15) is 0 Å². The number of benzene rings is 2. The molecule has 0 spiro atoms. The number of carbonyl (C=O) groups excluding carboxylic acids is 3. The number of amides is 2. The minimum absolute atomic E-state index is 0.0217. The van der Waals surface area contributed by atoms with E-state index in [1.807, 2.05) is 57.2 Å². The van der Waals surface area contributed by atoms with Gasteiger partial charge in [0.1, 0.15) is 23.7 Å². The number of ether oxygens (including phenoxy) is 1. The molecule has 3 atom stereocenters. The van der Waals surface area contributed by atoms with E-state index in [4.69, 9.17) is 4.74 Å². The van der Waals surface area contributed by atoms with Crippen LogP contribution in [0.3, 0.4) is 0 Å². The van der Waals surface area contributed by atoms with Crippen molar-refractivity contribution in [2.75, 3.05) is 13.7 Å². The molecule has 36 heavy (non-hydrogen) atoms. The van der Waals surface area contributed by atoms with Crippen molar-refractivity contribution in [2.45, 2.75) is 70.6 Å². The Bertz CT molecular complexity index is 1200. The third kappa shape index (κ3) is 5.16. The maximum Gasteiger partial charge on any atom is 0.246 e. The van der Waals surface area contributed by atoms with Crippen molar-refractivity contribution in [3.63, 3.8) is 0 Å². The summed E-state index contributed by atoms with van der Waals surface area (Å²) in [7, 11) is 1.64. The topological polar surface area (TPSA) is 95.9 Å². The van der Waals surface area contributed by atoms with E-state index >= 15 is 0 Å². The van der Waals surface area contributed by atoms with Gasteiger partial charge in [-0.25, -0.2) is 0 Å². The van der Waals surface area contributed by atoms with Gasteiger partial charge < -0.3 is 24.9 Å². The summed E-state index contributed by atoms with van der Waals surface area (Å²) >= 11 is 0. The molecule has 2 heterocycles. The first kappa shape index (κ1) is 25.9. The van der Waals surface area contributed by atoms with E-state index in [9.17, 15) is 19.5 Å². The number of nitrogens with one attached hydrogen (secondary N) is 1. The average Bonchev–Trinajstić information content (AvgIpc) is 3.20. The molecule has 2 amide bonds. The van der Waals surface area contributed by atoms with Crippen molar-refractivity contribution in [3.8, 4) is 5.75 Å². The fraction of sp³-hybridized carbons (Fsp3) is 0.483. The van der Waals surface area contributed by atoms with Crippen molar-refractivity contribution < 1.29 is 24.2 Å². The van der Waals surface area contributed by atoms with Crippen molar-refractivity contribution in [3.05, 3.63) is 47.5 Å². The van der Waals surface area contributed by atoms with Gasteiger partial charge in [-0.1, -0.05) is 45.1 Å². The molecule has 7 heteroatoms. The average molecular weight is 493 g/mol. The van der Waals surface area contributed by atoms with Crippen molar-refractivity contribution in [1.29, 1.82) is 0 Å². The van der Waals surface area contributed by atoms with Crippen LogP contribution in [0.25, 0.3) is 16.8 Å². The number of aldehydes is 1. The van der Waals surface area contributed by atoms with Crippen LogP contribution in [0.2, 0.25) is 0 Å². The molecular formula is C29H36N2O5. The van der Waals surface area contributed by atoms with Gasteiger partial charge in [0.2, 0.25) is 11.8 Å². The molecule has 2 aromatic rings. The summed E-state index contributed by atoms with van der Waals surface area (Å²) in [6.45, 7) is 5.64. The number of allylic oxidation sites excluding steroid dienone is 1. The van der Waals surface area contributed by atoms with Crippen LogP contribution in [0.1, 0.15) is 64.0 Å². The minimum atomic E-state index is -1.39. The van der Waals surface area contributed by atoms with Crippen LogP contribution in [0.5, 0.6) is 5.75 Å². The molecule has 5 bridgehead atoms. The molecule has 4 rings (SSSR count). The number of carbonyl (C=O) groups is 3. The first-order chi connectivity index (χ1) is 17.1. The molecule has 192 valence electrons. The Morgan fingerprint density at radius 1 is 1.14 bits per heavy atom. The summed E-state index contributed by atoms with van der Waals surface area (Å²) in [5.74, 6) is 0.219. The van der Waals surface area contributed by atoms with Gasteiger partial charge in [0, 0.05) is 18.4 Å². The van der Waals surface area contributed by atoms with Crippen LogP contribution < -0.4 is 10.1 Å². The smallest absolute Gasteiger partial charge is 0.246 e. The van der Waals surface area contributed by atoms with E-state index in [1.165, 1.54) is 4.90 Å². The summed E-state index contributed by atoms with van der Waals surface area (Å²) in [5, 5.41) is 16.5. The maximum atomic E-state index is 13.7. The quantitative estimate of drug-likeness (QED) is 0.619. The second-order valence-corrected chi connectivity index (χ2v) is 11.1. The highest BCUT2D eigenvalue weighted by Gasteiger charge is 2.49. The molecule has 0 saturated carbocycles. The molecule has 2 aliphatic rings. The first-order valence-corrected chi connectivity index (χ1v) is 12.6. The summed E-state index contributed by atoms with van der Waals surface area (Å²) in [6, 6.07) is 8.10. The predicted molar refractivity (Wildman–Crippen MR) is 139 cm³/mol. The Labute approximate surface area is 212 Å². The number of hydrogen-bond acceptors (Lipinski definition) is 5. The van der Waals surface area contributed by atoms with Gasteiger partial charge in [0.15, 0.2) is 0 Å². The summed E-state index contributed by atoms with van der Waals surface area (Å²) < 4.78 is 5.59. The van der Waals surface area contributed by atoms with Crippen LogP contribution in [-0.2, 0) is 20.0 Å². The fourth-order valence-corrected chi connectivity index (χ4v) is 5.19. The Morgan fingerprint density at radius 3 is 2.61 bits per heavy atom. The van der Waals surface area contributed by atoms with Crippen molar-refractivity contribution in [2.24, 2.45) is 5.41 Å². The van der Waals surface area contributed by atoms with Crippen LogP contribution in [-0.4, -0.2) is 53.8 Å². The molecule has 0 aliphatic carbocycles.